The van der Waals surface area contributed by atoms with Crippen molar-refractivity contribution in [3.05, 3.63) is 66.5 Å². The standard InChI is InChI=1S/C19H16N2/c1-13-7-6-10-15-16-11-21(2)12-17(16)19(20-18(13)15)14-8-4-3-5-9-14/h3-12H,1-2H3. The molecule has 0 fully saturated rings. The zero-order valence-electron chi connectivity index (χ0n) is 12.2. The SMILES string of the molecule is Cc1cccc2c1nc(-c1ccccc1)c1cn(C)cc12. The first-order chi connectivity index (χ1) is 10.2. The number of rotatable bonds is 1. The number of nitrogens with zero attached hydrogens (tertiary/aromatic N) is 2. The summed E-state index contributed by atoms with van der Waals surface area (Å²) in [5.41, 5.74) is 4.54. The highest BCUT2D eigenvalue weighted by Gasteiger charge is 2.12. The lowest BCUT2D eigenvalue weighted by Gasteiger charge is -2.08. The lowest BCUT2D eigenvalue weighted by molar-refractivity contribution is 0.934. The van der Waals surface area contributed by atoms with Crippen LogP contribution in [0.15, 0.2) is 60.9 Å². The van der Waals surface area contributed by atoms with Crippen molar-refractivity contribution in [3.63, 3.8) is 0 Å². The Morgan fingerprint density at radius 1 is 0.810 bits per heavy atom. The van der Waals surface area contributed by atoms with Gasteiger partial charge in [-0.15, -0.1) is 0 Å². The molecule has 0 aliphatic carbocycles. The Bertz CT molecular complexity index is 950. The highest BCUT2D eigenvalue weighted by Crippen LogP contribution is 2.33. The van der Waals surface area contributed by atoms with Gasteiger partial charge in [0.2, 0.25) is 0 Å². The molecule has 21 heavy (non-hydrogen) atoms. The van der Waals surface area contributed by atoms with E-state index in [9.17, 15) is 0 Å². The fraction of sp³-hybridized carbons (Fsp3) is 0.105. The van der Waals surface area contributed by atoms with Gasteiger partial charge in [-0.25, -0.2) is 4.98 Å². The van der Waals surface area contributed by atoms with Gasteiger partial charge in [0.05, 0.1) is 11.2 Å². The minimum absolute atomic E-state index is 1.06. The number of hydrogen-bond acceptors (Lipinski definition) is 1. The Morgan fingerprint density at radius 2 is 1.57 bits per heavy atom. The van der Waals surface area contributed by atoms with E-state index in [4.69, 9.17) is 4.98 Å². The quantitative estimate of drug-likeness (QED) is 0.491. The van der Waals surface area contributed by atoms with Crippen molar-refractivity contribution in [1.82, 2.24) is 9.55 Å². The lowest BCUT2D eigenvalue weighted by Crippen LogP contribution is -1.89. The molecule has 0 aliphatic heterocycles. The van der Waals surface area contributed by atoms with E-state index in [-0.39, 0.29) is 0 Å². The van der Waals surface area contributed by atoms with Crippen LogP contribution in [0.2, 0.25) is 0 Å². The first-order valence-corrected chi connectivity index (χ1v) is 7.14. The minimum Gasteiger partial charge on any atom is -0.356 e. The van der Waals surface area contributed by atoms with Crippen LogP contribution in [0.25, 0.3) is 32.9 Å². The van der Waals surface area contributed by atoms with Gasteiger partial charge in [0.25, 0.3) is 0 Å². The van der Waals surface area contributed by atoms with Crippen molar-refractivity contribution in [2.45, 2.75) is 6.92 Å². The van der Waals surface area contributed by atoms with Crippen molar-refractivity contribution in [2.75, 3.05) is 0 Å². The molecule has 0 unspecified atom stereocenters. The van der Waals surface area contributed by atoms with Gasteiger partial charge in [-0.1, -0.05) is 48.5 Å². The third-order valence-electron chi connectivity index (χ3n) is 4.01. The zero-order chi connectivity index (χ0) is 14.4. The lowest BCUT2D eigenvalue weighted by atomic mass is 10.0. The molecule has 0 saturated heterocycles. The number of fused-ring (bicyclic) bond motifs is 3. The molecule has 0 aliphatic rings. The largest absolute Gasteiger partial charge is 0.356 e. The fourth-order valence-corrected chi connectivity index (χ4v) is 3.00. The van der Waals surface area contributed by atoms with Crippen LogP contribution in [-0.4, -0.2) is 9.55 Å². The number of para-hydroxylation sites is 1. The fourth-order valence-electron chi connectivity index (χ4n) is 3.00. The summed E-state index contributed by atoms with van der Waals surface area (Å²) in [6, 6.07) is 16.8. The van der Waals surface area contributed by atoms with E-state index in [1.165, 1.54) is 27.3 Å². The van der Waals surface area contributed by atoms with E-state index < -0.39 is 0 Å². The maximum absolute atomic E-state index is 4.97. The normalized spacial score (nSPS) is 11.3. The van der Waals surface area contributed by atoms with E-state index in [1.54, 1.807) is 0 Å². The molecule has 0 saturated carbocycles. The van der Waals surface area contributed by atoms with Gasteiger partial charge in [-0.05, 0) is 12.5 Å². The van der Waals surface area contributed by atoms with E-state index in [0.717, 1.165) is 11.2 Å². The van der Waals surface area contributed by atoms with Crippen molar-refractivity contribution in [3.8, 4) is 11.3 Å². The summed E-state index contributed by atoms with van der Waals surface area (Å²) in [5, 5.41) is 3.71. The highest BCUT2D eigenvalue weighted by atomic mass is 14.9. The molecule has 4 rings (SSSR count). The maximum Gasteiger partial charge on any atom is 0.0803 e. The van der Waals surface area contributed by atoms with Crippen LogP contribution in [0.3, 0.4) is 0 Å². The van der Waals surface area contributed by atoms with Crippen molar-refractivity contribution < 1.29 is 0 Å². The van der Waals surface area contributed by atoms with Gasteiger partial charge in [0.15, 0.2) is 0 Å². The molecule has 0 spiro atoms. The molecule has 4 aromatic rings. The molecule has 0 radical (unpaired) electrons. The maximum atomic E-state index is 4.97. The summed E-state index contributed by atoms with van der Waals surface area (Å²) in [5.74, 6) is 0. The number of aryl methyl sites for hydroxylation is 2. The molecule has 102 valence electrons. The molecule has 0 amide bonds. The summed E-state index contributed by atoms with van der Waals surface area (Å²) in [4.78, 5) is 4.97. The van der Waals surface area contributed by atoms with Crippen molar-refractivity contribution in [2.24, 2.45) is 7.05 Å². The summed E-state index contributed by atoms with van der Waals surface area (Å²) in [7, 11) is 2.07. The third-order valence-corrected chi connectivity index (χ3v) is 4.01. The molecule has 0 atom stereocenters. The topological polar surface area (TPSA) is 17.8 Å². The second kappa shape index (κ2) is 4.45. The average Bonchev–Trinajstić information content (AvgIpc) is 2.89. The van der Waals surface area contributed by atoms with Crippen LogP contribution in [0.1, 0.15) is 5.56 Å². The Hall–Kier alpha value is -2.61. The monoisotopic (exact) mass is 272 g/mol. The molecule has 2 heteroatoms. The van der Waals surface area contributed by atoms with Gasteiger partial charge < -0.3 is 4.57 Å². The van der Waals surface area contributed by atoms with Crippen LogP contribution in [0.4, 0.5) is 0 Å². The first kappa shape index (κ1) is 12.2. The van der Waals surface area contributed by atoms with E-state index in [1.807, 2.05) is 6.07 Å². The molecule has 0 N–H and O–H groups in total. The second-order valence-electron chi connectivity index (χ2n) is 5.55. The predicted molar refractivity (Wildman–Crippen MR) is 88.4 cm³/mol. The average molecular weight is 272 g/mol. The van der Waals surface area contributed by atoms with Crippen LogP contribution >= 0.6 is 0 Å². The molecule has 2 nitrogen and oxygen atoms in total. The van der Waals surface area contributed by atoms with E-state index in [0.29, 0.717) is 0 Å². The van der Waals surface area contributed by atoms with Gasteiger partial charge in [0, 0.05) is 41.2 Å². The molecule has 0 bridgehead atoms. The van der Waals surface area contributed by atoms with Crippen molar-refractivity contribution in [1.29, 1.82) is 0 Å². The summed E-state index contributed by atoms with van der Waals surface area (Å²) < 4.78 is 2.11. The Labute approximate surface area is 123 Å². The number of benzene rings is 2. The zero-order valence-corrected chi connectivity index (χ0v) is 12.2. The van der Waals surface area contributed by atoms with Crippen LogP contribution in [-0.2, 0) is 7.05 Å². The number of aromatic nitrogens is 2. The van der Waals surface area contributed by atoms with Crippen molar-refractivity contribution >= 4 is 21.7 Å². The van der Waals surface area contributed by atoms with E-state index in [2.05, 4.69) is 73.4 Å². The van der Waals surface area contributed by atoms with Gasteiger partial charge in [0.1, 0.15) is 0 Å². The minimum atomic E-state index is 1.06. The highest BCUT2D eigenvalue weighted by molar-refractivity contribution is 6.11. The Morgan fingerprint density at radius 3 is 2.38 bits per heavy atom. The van der Waals surface area contributed by atoms with Crippen LogP contribution < -0.4 is 0 Å². The van der Waals surface area contributed by atoms with Crippen LogP contribution in [0.5, 0.6) is 0 Å². The summed E-state index contributed by atoms with van der Waals surface area (Å²) in [6.45, 7) is 2.12. The smallest absolute Gasteiger partial charge is 0.0803 e. The molecule has 2 aromatic heterocycles. The molecule has 2 heterocycles. The predicted octanol–water partition coefficient (Wildman–Crippen LogP) is 4.70. The van der Waals surface area contributed by atoms with Gasteiger partial charge in [-0.2, -0.15) is 0 Å². The van der Waals surface area contributed by atoms with Gasteiger partial charge in [-0.3, -0.25) is 0 Å². The third kappa shape index (κ3) is 1.83. The van der Waals surface area contributed by atoms with Crippen LogP contribution in [0, 0.1) is 6.92 Å². The molecular formula is C19H16N2. The summed E-state index contributed by atoms with van der Waals surface area (Å²) >= 11 is 0. The Kier molecular flexibility index (Phi) is 2.58. The second-order valence-corrected chi connectivity index (χ2v) is 5.55. The van der Waals surface area contributed by atoms with E-state index >= 15 is 0 Å². The number of hydrogen-bond donors (Lipinski definition) is 0. The first-order valence-electron chi connectivity index (χ1n) is 7.14. The van der Waals surface area contributed by atoms with Gasteiger partial charge >= 0.3 is 0 Å². The molecular weight excluding hydrogens is 256 g/mol. The molecule has 2 aromatic carbocycles. The Balaban J connectivity index is 2.21. The summed E-state index contributed by atoms with van der Waals surface area (Å²) in [6.07, 6.45) is 4.34. The number of pyridine rings is 1.